The Hall–Kier alpha value is -1.29. The molecule has 0 saturated heterocycles. The van der Waals surface area contributed by atoms with Crippen LogP contribution in [0.15, 0.2) is 6.07 Å². The van der Waals surface area contributed by atoms with Crippen molar-refractivity contribution in [2.45, 2.75) is 38.1 Å². The van der Waals surface area contributed by atoms with Crippen LogP contribution in [0.25, 0.3) is 0 Å². The Bertz CT molecular complexity index is 426. The molecule has 1 fully saturated rings. The number of benzene rings is 1. The van der Waals surface area contributed by atoms with E-state index in [-0.39, 0.29) is 0 Å². The van der Waals surface area contributed by atoms with Gasteiger partial charge in [0.1, 0.15) is 0 Å². The third kappa shape index (κ3) is 1.53. The highest BCUT2D eigenvalue weighted by Gasteiger charge is 2.35. The molecule has 1 aliphatic carbocycles. The highest BCUT2D eigenvalue weighted by atomic mass is 19.1. The maximum absolute atomic E-state index is 13.5. The van der Waals surface area contributed by atoms with Crippen molar-refractivity contribution in [3.8, 4) is 11.5 Å². The van der Waals surface area contributed by atoms with Crippen LogP contribution < -0.4 is 5.73 Å². The van der Waals surface area contributed by atoms with Gasteiger partial charge in [0, 0.05) is 11.1 Å². The minimum atomic E-state index is -0.966. The Kier molecular flexibility index (Phi) is 2.54. The number of hydrogen-bond donors (Lipinski definition) is 3. The Balaban J connectivity index is 2.57. The normalized spacial score (nSPS) is 18.9. The van der Waals surface area contributed by atoms with E-state index in [2.05, 4.69) is 0 Å². The maximum atomic E-state index is 13.5. The van der Waals surface area contributed by atoms with Crippen LogP contribution in [0, 0.1) is 12.7 Å². The zero-order chi connectivity index (χ0) is 11.9. The van der Waals surface area contributed by atoms with Crippen molar-refractivity contribution < 1.29 is 14.6 Å². The summed E-state index contributed by atoms with van der Waals surface area (Å²) in [6.07, 6.45) is 3.45. The summed E-state index contributed by atoms with van der Waals surface area (Å²) in [5.74, 6) is -1.97. The molecule has 0 bridgehead atoms. The number of aromatic hydroxyl groups is 2. The first-order valence-corrected chi connectivity index (χ1v) is 5.46. The number of aryl methyl sites for hydroxylation is 1. The Labute approximate surface area is 93.7 Å². The van der Waals surface area contributed by atoms with Gasteiger partial charge in [-0.1, -0.05) is 12.8 Å². The van der Waals surface area contributed by atoms with E-state index in [4.69, 9.17) is 5.73 Å². The number of rotatable bonds is 1. The molecule has 0 heterocycles. The van der Waals surface area contributed by atoms with Crippen molar-refractivity contribution in [1.29, 1.82) is 0 Å². The van der Waals surface area contributed by atoms with Crippen LogP contribution in [0.2, 0.25) is 0 Å². The molecule has 88 valence electrons. The monoisotopic (exact) mass is 225 g/mol. The van der Waals surface area contributed by atoms with Crippen LogP contribution in [-0.2, 0) is 5.54 Å². The summed E-state index contributed by atoms with van der Waals surface area (Å²) in [6.45, 7) is 1.60. The van der Waals surface area contributed by atoms with Gasteiger partial charge in [0.15, 0.2) is 11.5 Å². The van der Waals surface area contributed by atoms with E-state index >= 15 is 0 Å². The van der Waals surface area contributed by atoms with Gasteiger partial charge in [-0.25, -0.2) is 0 Å². The average Bonchev–Trinajstić information content (AvgIpc) is 2.68. The third-order valence-electron chi connectivity index (χ3n) is 3.44. The molecular weight excluding hydrogens is 209 g/mol. The van der Waals surface area contributed by atoms with Crippen LogP contribution in [0.5, 0.6) is 11.5 Å². The van der Waals surface area contributed by atoms with Crippen molar-refractivity contribution in [3.63, 3.8) is 0 Å². The van der Waals surface area contributed by atoms with E-state index in [0.29, 0.717) is 11.1 Å². The van der Waals surface area contributed by atoms with Gasteiger partial charge in [-0.15, -0.1) is 0 Å². The number of hydrogen-bond acceptors (Lipinski definition) is 3. The average molecular weight is 225 g/mol. The summed E-state index contributed by atoms with van der Waals surface area (Å²) < 4.78 is 13.5. The Morgan fingerprint density at radius 3 is 2.38 bits per heavy atom. The van der Waals surface area contributed by atoms with Gasteiger partial charge in [-0.3, -0.25) is 0 Å². The quantitative estimate of drug-likeness (QED) is 0.686. The highest BCUT2D eigenvalue weighted by Crippen LogP contribution is 2.43. The van der Waals surface area contributed by atoms with Gasteiger partial charge in [0.05, 0.1) is 0 Å². The molecule has 4 N–H and O–H groups in total. The van der Waals surface area contributed by atoms with Crippen LogP contribution in [0.3, 0.4) is 0 Å². The lowest BCUT2D eigenvalue weighted by molar-refractivity contribution is 0.361. The lowest BCUT2D eigenvalue weighted by Gasteiger charge is -2.26. The molecule has 4 heteroatoms. The lowest BCUT2D eigenvalue weighted by Crippen LogP contribution is -2.33. The van der Waals surface area contributed by atoms with Crippen LogP contribution in [0.4, 0.5) is 4.39 Å². The second-order valence-electron chi connectivity index (χ2n) is 4.62. The first kappa shape index (κ1) is 11.2. The molecule has 1 aliphatic rings. The fourth-order valence-corrected chi connectivity index (χ4v) is 2.41. The van der Waals surface area contributed by atoms with Crippen molar-refractivity contribution in [2.24, 2.45) is 5.73 Å². The number of phenolic OH excluding ortho intramolecular Hbond substituents is 2. The Morgan fingerprint density at radius 2 is 1.81 bits per heavy atom. The van der Waals surface area contributed by atoms with E-state index in [1.54, 1.807) is 13.0 Å². The fourth-order valence-electron chi connectivity index (χ4n) is 2.41. The predicted octanol–water partition coefficient (Wildman–Crippen LogP) is 2.27. The molecule has 0 aromatic heterocycles. The minimum Gasteiger partial charge on any atom is -0.505 e. The van der Waals surface area contributed by atoms with Gasteiger partial charge < -0.3 is 15.9 Å². The molecule has 0 amide bonds. The molecule has 1 saturated carbocycles. The predicted molar refractivity (Wildman–Crippen MR) is 58.8 cm³/mol. The second kappa shape index (κ2) is 3.63. The van der Waals surface area contributed by atoms with E-state index < -0.39 is 22.9 Å². The van der Waals surface area contributed by atoms with Crippen molar-refractivity contribution in [2.75, 3.05) is 0 Å². The topological polar surface area (TPSA) is 66.5 Å². The Morgan fingerprint density at radius 1 is 1.25 bits per heavy atom. The van der Waals surface area contributed by atoms with E-state index in [1.165, 1.54) is 0 Å². The molecule has 2 rings (SSSR count). The lowest BCUT2D eigenvalue weighted by atomic mass is 9.87. The molecule has 3 nitrogen and oxygen atoms in total. The fraction of sp³-hybridized carbons (Fsp3) is 0.500. The van der Waals surface area contributed by atoms with Crippen molar-refractivity contribution >= 4 is 0 Å². The highest BCUT2D eigenvalue weighted by molar-refractivity contribution is 5.49. The molecule has 1 aromatic rings. The first-order chi connectivity index (χ1) is 7.46. The van der Waals surface area contributed by atoms with E-state index in [1.807, 2.05) is 0 Å². The summed E-state index contributed by atoms with van der Waals surface area (Å²) >= 11 is 0. The standard InChI is InChI=1S/C12H16FNO2/c1-7-6-8(11(16)9(13)10(7)15)12(14)4-2-3-5-12/h6,15-16H,2-5,14H2,1H3. The second-order valence-corrected chi connectivity index (χ2v) is 4.62. The number of nitrogens with two attached hydrogens (primary N) is 1. The minimum absolute atomic E-state index is 0.405. The molecule has 1 aromatic carbocycles. The molecule has 0 radical (unpaired) electrons. The van der Waals surface area contributed by atoms with Crippen LogP contribution in [-0.4, -0.2) is 10.2 Å². The largest absolute Gasteiger partial charge is 0.505 e. The molecule has 0 atom stereocenters. The van der Waals surface area contributed by atoms with E-state index in [0.717, 1.165) is 25.7 Å². The summed E-state index contributed by atoms with van der Waals surface area (Å²) in [4.78, 5) is 0. The van der Waals surface area contributed by atoms with Crippen molar-refractivity contribution in [3.05, 3.63) is 23.0 Å². The van der Waals surface area contributed by atoms with E-state index in [9.17, 15) is 14.6 Å². The number of halogens is 1. The molecule has 16 heavy (non-hydrogen) atoms. The summed E-state index contributed by atoms with van der Waals surface area (Å²) in [6, 6.07) is 1.58. The summed E-state index contributed by atoms with van der Waals surface area (Å²) in [5, 5.41) is 19.1. The number of phenols is 2. The van der Waals surface area contributed by atoms with Gasteiger partial charge >= 0.3 is 0 Å². The van der Waals surface area contributed by atoms with Crippen LogP contribution in [0.1, 0.15) is 36.8 Å². The molecule has 0 aliphatic heterocycles. The zero-order valence-electron chi connectivity index (χ0n) is 9.26. The van der Waals surface area contributed by atoms with Gasteiger partial charge in [-0.2, -0.15) is 4.39 Å². The van der Waals surface area contributed by atoms with Gasteiger partial charge in [0.2, 0.25) is 5.82 Å². The van der Waals surface area contributed by atoms with Crippen molar-refractivity contribution in [1.82, 2.24) is 0 Å². The summed E-state index contributed by atoms with van der Waals surface area (Å²) in [5.41, 5.74) is 6.33. The zero-order valence-corrected chi connectivity index (χ0v) is 9.26. The first-order valence-electron chi connectivity index (χ1n) is 5.46. The SMILES string of the molecule is Cc1cc(C2(N)CCCC2)c(O)c(F)c1O. The summed E-state index contributed by atoms with van der Waals surface area (Å²) in [7, 11) is 0. The molecule has 0 spiro atoms. The molecular formula is C12H16FNO2. The van der Waals surface area contributed by atoms with Gasteiger partial charge in [0.25, 0.3) is 0 Å². The third-order valence-corrected chi connectivity index (χ3v) is 3.44. The van der Waals surface area contributed by atoms with Gasteiger partial charge in [-0.05, 0) is 31.4 Å². The maximum Gasteiger partial charge on any atom is 0.206 e. The van der Waals surface area contributed by atoms with Crippen LogP contribution >= 0.6 is 0 Å². The smallest absolute Gasteiger partial charge is 0.206 e. The molecule has 0 unspecified atom stereocenters.